The van der Waals surface area contributed by atoms with Gasteiger partial charge in [-0.2, -0.15) is 0 Å². The van der Waals surface area contributed by atoms with Gasteiger partial charge < -0.3 is 0 Å². The standard InChI is InChI=1S/C27H19F5NOP/c1-14-5-4-6-17(11-14)35(34)21-13-16(3)7-9-18(21)19-12-15(2)8-10-20(19)33(35)27-25(31)23(29)22(28)24(30)26(27)32/h4-13H,1-3H3. The minimum atomic E-state index is -4.20. The Hall–Kier alpha value is -3.44. The van der Waals surface area contributed by atoms with Gasteiger partial charge in [0.25, 0.3) is 0 Å². The van der Waals surface area contributed by atoms with E-state index < -0.39 is 42.1 Å². The maximum absolute atomic E-state index is 15.3. The highest BCUT2D eigenvalue weighted by Crippen LogP contribution is 2.62. The predicted octanol–water partition coefficient (Wildman–Crippen LogP) is 7.35. The largest absolute Gasteiger partial charge is 0.289 e. The van der Waals surface area contributed by atoms with Crippen LogP contribution in [0.25, 0.3) is 11.1 Å². The van der Waals surface area contributed by atoms with Crippen molar-refractivity contribution in [1.29, 1.82) is 0 Å². The van der Waals surface area contributed by atoms with Crippen LogP contribution in [-0.2, 0) is 4.57 Å². The fraction of sp³-hybridized carbons (Fsp3) is 0.111. The van der Waals surface area contributed by atoms with E-state index in [1.807, 2.05) is 13.0 Å². The number of hydrogen-bond donors (Lipinski definition) is 0. The van der Waals surface area contributed by atoms with Crippen LogP contribution in [0.15, 0.2) is 60.7 Å². The Morgan fingerprint density at radius 3 is 1.86 bits per heavy atom. The highest BCUT2D eigenvalue weighted by Gasteiger charge is 2.46. The van der Waals surface area contributed by atoms with Crippen LogP contribution in [0.2, 0.25) is 0 Å². The molecule has 4 aromatic carbocycles. The smallest absolute Gasteiger partial charge is 0.234 e. The fourth-order valence-corrected chi connectivity index (χ4v) is 7.77. The highest BCUT2D eigenvalue weighted by atomic mass is 31.2. The SMILES string of the molecule is Cc1cccc(P2(=O)c3cc(C)ccc3-c3cc(C)ccc3N2c2c(F)c(F)c(F)c(F)c2F)c1. The molecule has 0 N–H and O–H groups in total. The van der Waals surface area contributed by atoms with Crippen molar-refractivity contribution >= 4 is 29.3 Å². The van der Waals surface area contributed by atoms with Gasteiger partial charge in [-0.25, -0.2) is 22.0 Å². The molecule has 8 heteroatoms. The first-order chi connectivity index (χ1) is 16.6. The van der Waals surface area contributed by atoms with Crippen LogP contribution in [-0.4, -0.2) is 0 Å². The lowest BCUT2D eigenvalue weighted by molar-refractivity contribution is 0.381. The van der Waals surface area contributed by atoms with Crippen LogP contribution in [0.3, 0.4) is 0 Å². The van der Waals surface area contributed by atoms with Crippen molar-refractivity contribution in [2.45, 2.75) is 20.8 Å². The second-order valence-electron chi connectivity index (χ2n) is 8.69. The van der Waals surface area contributed by atoms with Crippen LogP contribution in [0, 0.1) is 49.9 Å². The summed E-state index contributed by atoms with van der Waals surface area (Å²) in [5, 5.41) is 0.463. The second-order valence-corrected chi connectivity index (χ2v) is 11.2. The van der Waals surface area contributed by atoms with Crippen molar-refractivity contribution in [2.24, 2.45) is 0 Å². The first-order valence-corrected chi connectivity index (χ1v) is 12.4. The van der Waals surface area contributed by atoms with Gasteiger partial charge in [0.1, 0.15) is 5.69 Å². The molecule has 0 fully saturated rings. The molecule has 0 saturated heterocycles. The summed E-state index contributed by atoms with van der Waals surface area (Å²) >= 11 is 0. The Kier molecular flexibility index (Phi) is 5.37. The summed E-state index contributed by atoms with van der Waals surface area (Å²) in [6.07, 6.45) is 0. The van der Waals surface area contributed by atoms with Crippen molar-refractivity contribution in [3.63, 3.8) is 0 Å². The van der Waals surface area contributed by atoms with E-state index in [-0.39, 0.29) is 16.3 Å². The first-order valence-electron chi connectivity index (χ1n) is 10.8. The van der Waals surface area contributed by atoms with Crippen LogP contribution < -0.4 is 15.3 Å². The van der Waals surface area contributed by atoms with Gasteiger partial charge in [-0.05, 0) is 56.7 Å². The molecule has 0 spiro atoms. The van der Waals surface area contributed by atoms with Crippen molar-refractivity contribution in [2.75, 3.05) is 4.67 Å². The lowest BCUT2D eigenvalue weighted by Gasteiger charge is -2.40. The molecule has 0 amide bonds. The molecular weight excluding hydrogens is 480 g/mol. The number of nitrogens with zero attached hydrogens (tertiary/aromatic N) is 1. The lowest BCUT2D eigenvalue weighted by Crippen LogP contribution is -2.35. The van der Waals surface area contributed by atoms with Crippen LogP contribution in [0.5, 0.6) is 0 Å². The molecule has 0 saturated carbocycles. The summed E-state index contributed by atoms with van der Waals surface area (Å²) in [5.41, 5.74) is 2.13. The maximum Gasteiger partial charge on any atom is 0.234 e. The summed E-state index contributed by atoms with van der Waals surface area (Å²) in [5.74, 6) is -10.6. The molecule has 0 aromatic heterocycles. The normalized spacial score (nSPS) is 16.7. The van der Waals surface area contributed by atoms with Gasteiger partial charge in [0, 0.05) is 16.2 Å². The number of aryl methyl sites for hydroxylation is 3. The molecule has 2 nitrogen and oxygen atoms in total. The molecule has 0 aliphatic carbocycles. The Balaban J connectivity index is 2.00. The summed E-state index contributed by atoms with van der Waals surface area (Å²) in [7, 11) is -4.20. The zero-order valence-corrected chi connectivity index (χ0v) is 19.9. The minimum Gasteiger partial charge on any atom is -0.289 e. The van der Waals surface area contributed by atoms with E-state index in [9.17, 15) is 13.2 Å². The first kappa shape index (κ1) is 23.3. The Morgan fingerprint density at radius 2 is 1.20 bits per heavy atom. The third kappa shape index (κ3) is 3.33. The predicted molar refractivity (Wildman–Crippen MR) is 128 cm³/mol. The number of anilines is 2. The van der Waals surface area contributed by atoms with E-state index in [0.29, 0.717) is 11.1 Å². The molecular formula is C27H19F5NOP. The van der Waals surface area contributed by atoms with Crippen molar-refractivity contribution < 1.29 is 26.5 Å². The van der Waals surface area contributed by atoms with E-state index in [4.69, 9.17) is 0 Å². The summed E-state index contributed by atoms with van der Waals surface area (Å²) in [6.45, 7) is 5.35. The molecule has 1 heterocycles. The average Bonchev–Trinajstić information content (AvgIpc) is 2.83. The number of halogens is 5. The van der Waals surface area contributed by atoms with Crippen LogP contribution >= 0.6 is 7.29 Å². The number of hydrogen-bond acceptors (Lipinski definition) is 1. The molecule has 178 valence electrons. The van der Waals surface area contributed by atoms with Gasteiger partial charge in [0.15, 0.2) is 23.3 Å². The third-order valence-corrected chi connectivity index (χ3v) is 9.16. The summed E-state index contributed by atoms with van der Waals surface area (Å²) < 4.78 is 89.3. The number of benzene rings is 4. The van der Waals surface area contributed by atoms with Gasteiger partial charge in [0.05, 0.1) is 5.69 Å². The molecule has 5 rings (SSSR count). The topological polar surface area (TPSA) is 20.3 Å². The fourth-order valence-electron chi connectivity index (χ4n) is 4.54. The van der Waals surface area contributed by atoms with E-state index in [1.165, 1.54) is 12.1 Å². The van der Waals surface area contributed by atoms with Gasteiger partial charge in [0.2, 0.25) is 13.1 Å². The summed E-state index contributed by atoms with van der Waals surface area (Å²) in [6, 6.07) is 16.6. The molecule has 0 radical (unpaired) electrons. The Labute approximate surface area is 199 Å². The molecule has 1 aliphatic heterocycles. The Morgan fingerprint density at radius 1 is 0.629 bits per heavy atom. The zero-order valence-electron chi connectivity index (χ0n) is 19.0. The number of fused-ring (bicyclic) bond motifs is 3. The highest BCUT2D eigenvalue weighted by molar-refractivity contribution is 7.80. The summed E-state index contributed by atoms with van der Waals surface area (Å²) in [4.78, 5) is 0. The Bertz CT molecular complexity index is 1550. The monoisotopic (exact) mass is 499 g/mol. The van der Waals surface area contributed by atoms with Crippen molar-refractivity contribution in [1.82, 2.24) is 0 Å². The molecule has 0 bridgehead atoms. The van der Waals surface area contributed by atoms with E-state index in [2.05, 4.69) is 0 Å². The second kappa shape index (κ2) is 8.06. The van der Waals surface area contributed by atoms with Crippen LogP contribution in [0.1, 0.15) is 16.7 Å². The minimum absolute atomic E-state index is 0.0833. The maximum atomic E-state index is 15.3. The van der Waals surface area contributed by atoms with Gasteiger partial charge in [-0.15, -0.1) is 0 Å². The van der Waals surface area contributed by atoms with E-state index in [1.54, 1.807) is 56.3 Å². The zero-order chi connectivity index (χ0) is 25.2. The molecule has 1 atom stereocenters. The van der Waals surface area contributed by atoms with Gasteiger partial charge in [-0.3, -0.25) is 9.24 Å². The molecule has 4 aromatic rings. The quantitative estimate of drug-likeness (QED) is 0.124. The van der Waals surface area contributed by atoms with Crippen LogP contribution in [0.4, 0.5) is 33.3 Å². The van der Waals surface area contributed by atoms with E-state index >= 15 is 13.3 Å². The molecule has 1 unspecified atom stereocenters. The van der Waals surface area contributed by atoms with Gasteiger partial charge in [-0.1, -0.05) is 47.0 Å². The van der Waals surface area contributed by atoms with Gasteiger partial charge >= 0.3 is 0 Å². The third-order valence-electron chi connectivity index (χ3n) is 6.18. The van der Waals surface area contributed by atoms with E-state index in [0.717, 1.165) is 21.4 Å². The number of rotatable bonds is 2. The molecule has 35 heavy (non-hydrogen) atoms. The van der Waals surface area contributed by atoms with Crippen molar-refractivity contribution in [3.8, 4) is 11.1 Å². The molecule has 1 aliphatic rings. The average molecular weight is 499 g/mol. The lowest BCUT2D eigenvalue weighted by atomic mass is 9.99. The van der Waals surface area contributed by atoms with Crippen molar-refractivity contribution in [3.05, 3.63) is 106 Å².